The zero-order valence-corrected chi connectivity index (χ0v) is 21.2. The van der Waals surface area contributed by atoms with E-state index in [0.717, 1.165) is 21.7 Å². The Morgan fingerprint density at radius 1 is 0.892 bits per heavy atom. The van der Waals surface area contributed by atoms with Crippen LogP contribution in [0.4, 0.5) is 17.1 Å². The molecule has 0 radical (unpaired) electrons. The number of aryl methyl sites for hydroxylation is 2. The Morgan fingerprint density at radius 3 is 2.16 bits per heavy atom. The highest BCUT2D eigenvalue weighted by Crippen LogP contribution is 2.30. The van der Waals surface area contributed by atoms with Crippen molar-refractivity contribution in [3.63, 3.8) is 0 Å². The first-order valence-corrected chi connectivity index (χ1v) is 11.9. The second-order valence-corrected chi connectivity index (χ2v) is 8.75. The first kappa shape index (κ1) is 25.7. The molecule has 0 saturated carbocycles. The Balaban J connectivity index is 1.46. The standard InChI is InChI=1S/C28H24ClN3O5/c1-4-37-28(36)19-8-12-21(13-9-19)32-26(34)23(29)24(27(32)35)30-20-10-6-18(7-11-20)25(33)31-22-14-5-16(2)15-17(22)3/h5-15,30H,4H2,1-3H3,(H,31,33). The number of nitrogens with one attached hydrogen (secondary N) is 2. The molecule has 0 fully saturated rings. The molecular formula is C28H24ClN3O5. The number of rotatable bonds is 7. The summed E-state index contributed by atoms with van der Waals surface area (Å²) < 4.78 is 4.95. The van der Waals surface area contributed by atoms with E-state index in [2.05, 4.69) is 10.6 Å². The first-order chi connectivity index (χ1) is 17.7. The Labute approximate surface area is 218 Å². The van der Waals surface area contributed by atoms with Crippen molar-refractivity contribution in [2.24, 2.45) is 0 Å². The molecule has 3 aromatic rings. The highest BCUT2D eigenvalue weighted by atomic mass is 35.5. The molecule has 4 rings (SSSR count). The fraction of sp³-hybridized carbons (Fsp3) is 0.143. The Kier molecular flexibility index (Phi) is 7.40. The predicted octanol–water partition coefficient (Wildman–Crippen LogP) is 5.17. The van der Waals surface area contributed by atoms with Crippen molar-refractivity contribution in [1.82, 2.24) is 0 Å². The maximum Gasteiger partial charge on any atom is 0.338 e. The van der Waals surface area contributed by atoms with Gasteiger partial charge in [-0.25, -0.2) is 9.69 Å². The van der Waals surface area contributed by atoms with Gasteiger partial charge in [0.2, 0.25) is 0 Å². The molecule has 2 N–H and O–H groups in total. The van der Waals surface area contributed by atoms with E-state index in [9.17, 15) is 19.2 Å². The van der Waals surface area contributed by atoms with Gasteiger partial charge in [-0.3, -0.25) is 14.4 Å². The van der Waals surface area contributed by atoms with E-state index in [0.29, 0.717) is 16.8 Å². The van der Waals surface area contributed by atoms with Gasteiger partial charge in [0.25, 0.3) is 17.7 Å². The van der Waals surface area contributed by atoms with Crippen molar-refractivity contribution < 1.29 is 23.9 Å². The normalized spacial score (nSPS) is 13.1. The summed E-state index contributed by atoms with van der Waals surface area (Å²) in [6.07, 6.45) is 0. The smallest absolute Gasteiger partial charge is 0.338 e. The minimum Gasteiger partial charge on any atom is -0.462 e. The van der Waals surface area contributed by atoms with Crippen LogP contribution in [0.5, 0.6) is 0 Å². The topological polar surface area (TPSA) is 105 Å². The molecule has 0 saturated heterocycles. The summed E-state index contributed by atoms with van der Waals surface area (Å²) >= 11 is 6.21. The average Bonchev–Trinajstić information content (AvgIpc) is 3.09. The minimum atomic E-state index is -0.692. The molecule has 37 heavy (non-hydrogen) atoms. The molecular weight excluding hydrogens is 494 g/mol. The quantitative estimate of drug-likeness (QED) is 0.331. The Morgan fingerprint density at radius 2 is 1.54 bits per heavy atom. The molecule has 0 spiro atoms. The fourth-order valence-electron chi connectivity index (χ4n) is 3.80. The zero-order chi connectivity index (χ0) is 26.7. The number of benzene rings is 3. The van der Waals surface area contributed by atoms with Gasteiger partial charge < -0.3 is 15.4 Å². The lowest BCUT2D eigenvalue weighted by atomic mass is 10.1. The third-order valence-corrected chi connectivity index (χ3v) is 6.06. The molecule has 1 heterocycles. The number of nitrogens with zero attached hydrogens (tertiary/aromatic N) is 1. The van der Waals surface area contributed by atoms with Gasteiger partial charge in [-0.2, -0.15) is 0 Å². The largest absolute Gasteiger partial charge is 0.462 e. The summed E-state index contributed by atoms with van der Waals surface area (Å²) in [6, 6.07) is 18.1. The lowest BCUT2D eigenvalue weighted by molar-refractivity contribution is -0.120. The lowest BCUT2D eigenvalue weighted by Gasteiger charge is -2.15. The van der Waals surface area contributed by atoms with Crippen LogP contribution < -0.4 is 15.5 Å². The van der Waals surface area contributed by atoms with Gasteiger partial charge >= 0.3 is 5.97 Å². The molecule has 0 unspecified atom stereocenters. The van der Waals surface area contributed by atoms with Crippen LogP contribution in [0.15, 0.2) is 77.5 Å². The molecule has 3 amide bonds. The van der Waals surface area contributed by atoms with Gasteiger partial charge in [0.15, 0.2) is 0 Å². The Hall–Kier alpha value is -4.43. The number of carbonyl (C=O) groups is 4. The number of imide groups is 1. The molecule has 0 aromatic heterocycles. The molecule has 9 heteroatoms. The van der Waals surface area contributed by atoms with Crippen molar-refractivity contribution in [3.05, 3.63) is 99.7 Å². The van der Waals surface area contributed by atoms with Gasteiger partial charge in [-0.15, -0.1) is 0 Å². The van der Waals surface area contributed by atoms with Crippen LogP contribution in [-0.2, 0) is 14.3 Å². The van der Waals surface area contributed by atoms with Crippen LogP contribution in [0.3, 0.4) is 0 Å². The number of halogens is 1. The number of amides is 3. The molecule has 188 valence electrons. The van der Waals surface area contributed by atoms with Crippen LogP contribution in [0, 0.1) is 13.8 Å². The van der Waals surface area contributed by atoms with Gasteiger partial charge in [-0.05, 0) is 80.9 Å². The second kappa shape index (κ2) is 10.7. The summed E-state index contributed by atoms with van der Waals surface area (Å²) in [7, 11) is 0. The maximum atomic E-state index is 13.0. The van der Waals surface area contributed by atoms with Crippen molar-refractivity contribution in [1.29, 1.82) is 0 Å². The minimum absolute atomic E-state index is 0.0892. The third-order valence-electron chi connectivity index (χ3n) is 5.71. The number of hydrogen-bond donors (Lipinski definition) is 2. The predicted molar refractivity (Wildman–Crippen MR) is 142 cm³/mol. The SMILES string of the molecule is CCOC(=O)c1ccc(N2C(=O)C(Cl)=C(Nc3ccc(C(=O)Nc4ccc(C)cc4C)cc3)C2=O)cc1. The van der Waals surface area contributed by atoms with E-state index in [4.69, 9.17) is 16.3 Å². The molecule has 1 aliphatic rings. The second-order valence-electron chi connectivity index (χ2n) is 8.38. The van der Waals surface area contributed by atoms with Crippen molar-refractivity contribution >= 4 is 52.4 Å². The van der Waals surface area contributed by atoms with Crippen LogP contribution in [0.2, 0.25) is 0 Å². The molecule has 3 aromatic carbocycles. The van der Waals surface area contributed by atoms with Crippen LogP contribution in [-0.4, -0.2) is 30.3 Å². The van der Waals surface area contributed by atoms with Crippen molar-refractivity contribution in [2.75, 3.05) is 22.1 Å². The van der Waals surface area contributed by atoms with Crippen LogP contribution in [0.1, 0.15) is 38.8 Å². The number of carbonyl (C=O) groups excluding carboxylic acids is 4. The number of ether oxygens (including phenoxy) is 1. The fourth-order valence-corrected chi connectivity index (χ4v) is 4.02. The van der Waals surface area contributed by atoms with Gasteiger partial charge in [0.05, 0.1) is 17.9 Å². The highest BCUT2D eigenvalue weighted by molar-refractivity contribution is 6.53. The first-order valence-electron chi connectivity index (χ1n) is 11.5. The van der Waals surface area contributed by atoms with E-state index in [1.165, 1.54) is 24.3 Å². The molecule has 8 nitrogen and oxygen atoms in total. The lowest BCUT2D eigenvalue weighted by Crippen LogP contribution is -2.32. The average molecular weight is 518 g/mol. The van der Waals surface area contributed by atoms with E-state index in [1.54, 1.807) is 31.2 Å². The summed E-state index contributed by atoms with van der Waals surface area (Å²) in [5.74, 6) is -2.11. The van der Waals surface area contributed by atoms with Crippen molar-refractivity contribution in [3.8, 4) is 0 Å². The van der Waals surface area contributed by atoms with E-state index in [1.807, 2.05) is 32.0 Å². The van der Waals surface area contributed by atoms with E-state index < -0.39 is 17.8 Å². The number of esters is 1. The van der Waals surface area contributed by atoms with Crippen LogP contribution >= 0.6 is 11.6 Å². The summed E-state index contributed by atoms with van der Waals surface area (Å²) in [5.41, 5.74) is 4.14. The Bertz CT molecular complexity index is 1430. The molecule has 1 aliphatic heterocycles. The zero-order valence-electron chi connectivity index (χ0n) is 20.4. The summed E-state index contributed by atoms with van der Waals surface area (Å²) in [5, 5.41) is 5.49. The third kappa shape index (κ3) is 5.39. The van der Waals surface area contributed by atoms with Crippen LogP contribution in [0.25, 0.3) is 0 Å². The van der Waals surface area contributed by atoms with E-state index >= 15 is 0 Å². The van der Waals surface area contributed by atoms with E-state index in [-0.39, 0.29) is 28.9 Å². The van der Waals surface area contributed by atoms with Gasteiger partial charge in [0.1, 0.15) is 10.7 Å². The maximum absolute atomic E-state index is 13.0. The van der Waals surface area contributed by atoms with Gasteiger partial charge in [-0.1, -0.05) is 29.3 Å². The summed E-state index contributed by atoms with van der Waals surface area (Å²) in [6.45, 7) is 5.83. The van der Waals surface area contributed by atoms with Gasteiger partial charge in [0, 0.05) is 16.9 Å². The summed E-state index contributed by atoms with van der Waals surface area (Å²) in [4.78, 5) is 51.2. The number of hydrogen-bond acceptors (Lipinski definition) is 6. The van der Waals surface area contributed by atoms with Crippen molar-refractivity contribution in [2.45, 2.75) is 20.8 Å². The highest BCUT2D eigenvalue weighted by Gasteiger charge is 2.39. The molecule has 0 atom stereocenters. The molecule has 0 aliphatic carbocycles. The monoisotopic (exact) mass is 517 g/mol. The molecule has 0 bridgehead atoms. The number of anilines is 3.